The molecule has 1 saturated heterocycles. The molecule has 1 fully saturated rings. The van der Waals surface area contributed by atoms with E-state index in [1.54, 1.807) is 54.3 Å². The Hall–Kier alpha value is -3.15. The molecule has 6 nitrogen and oxygen atoms in total. The normalized spacial score (nSPS) is 13.8. The van der Waals surface area contributed by atoms with Crippen molar-refractivity contribution in [3.63, 3.8) is 0 Å². The van der Waals surface area contributed by atoms with Gasteiger partial charge in [-0.2, -0.15) is 0 Å². The number of rotatable bonds is 4. The lowest BCUT2D eigenvalue weighted by molar-refractivity contribution is -0.117. The molecule has 0 aromatic heterocycles. The molecular formula is C19H19N3O3. The van der Waals surface area contributed by atoms with E-state index in [2.05, 4.69) is 5.32 Å². The first-order valence-corrected chi connectivity index (χ1v) is 8.08. The number of hydrogen-bond acceptors (Lipinski definition) is 3. The van der Waals surface area contributed by atoms with Crippen LogP contribution in [-0.2, 0) is 4.79 Å². The van der Waals surface area contributed by atoms with E-state index in [0.29, 0.717) is 35.3 Å². The third-order valence-electron chi connectivity index (χ3n) is 4.36. The summed E-state index contributed by atoms with van der Waals surface area (Å²) in [6, 6.07) is 11.9. The molecule has 3 amide bonds. The third kappa shape index (κ3) is 3.38. The molecular weight excluding hydrogens is 318 g/mol. The van der Waals surface area contributed by atoms with Crippen LogP contribution in [0.3, 0.4) is 0 Å². The Morgan fingerprint density at radius 2 is 1.84 bits per heavy atom. The van der Waals surface area contributed by atoms with Gasteiger partial charge in [0, 0.05) is 35.5 Å². The lowest BCUT2D eigenvalue weighted by Gasteiger charge is -2.16. The molecule has 128 valence electrons. The van der Waals surface area contributed by atoms with Gasteiger partial charge < -0.3 is 16.0 Å². The predicted octanol–water partition coefficient (Wildman–Crippen LogP) is 2.47. The number of benzene rings is 2. The molecule has 1 aliphatic rings. The first-order chi connectivity index (χ1) is 12.0. The summed E-state index contributed by atoms with van der Waals surface area (Å²) in [6.45, 7) is 2.45. The van der Waals surface area contributed by atoms with Crippen LogP contribution in [0.15, 0.2) is 42.5 Å². The molecule has 25 heavy (non-hydrogen) atoms. The van der Waals surface area contributed by atoms with E-state index in [0.717, 1.165) is 12.1 Å². The predicted molar refractivity (Wildman–Crippen MR) is 95.7 cm³/mol. The fraction of sp³-hybridized carbons (Fsp3) is 0.211. The lowest BCUT2D eigenvalue weighted by Crippen LogP contribution is -2.23. The SMILES string of the molecule is Cc1c(NC(=O)c2ccc(N3CCCC3=O)cc2)cccc1C(N)=O. The van der Waals surface area contributed by atoms with Crippen molar-refractivity contribution in [3.05, 3.63) is 59.2 Å². The standard InChI is InChI=1S/C19H19N3O3/c1-12-15(18(20)24)4-2-5-16(12)21-19(25)13-7-9-14(10-8-13)22-11-3-6-17(22)23/h2,4-5,7-10H,3,6,11H2,1H3,(H2,20,24)(H,21,25). The number of carbonyl (C=O) groups excluding carboxylic acids is 3. The number of anilines is 2. The van der Waals surface area contributed by atoms with Gasteiger partial charge in [0.25, 0.3) is 5.91 Å². The van der Waals surface area contributed by atoms with Gasteiger partial charge in [-0.05, 0) is 55.3 Å². The summed E-state index contributed by atoms with van der Waals surface area (Å²) < 4.78 is 0. The van der Waals surface area contributed by atoms with Crippen LogP contribution in [0.25, 0.3) is 0 Å². The molecule has 0 bridgehead atoms. The molecule has 0 atom stereocenters. The highest BCUT2D eigenvalue weighted by Gasteiger charge is 2.21. The van der Waals surface area contributed by atoms with Gasteiger partial charge >= 0.3 is 0 Å². The molecule has 6 heteroatoms. The van der Waals surface area contributed by atoms with E-state index in [9.17, 15) is 14.4 Å². The van der Waals surface area contributed by atoms with Gasteiger partial charge in [0.1, 0.15) is 0 Å². The van der Waals surface area contributed by atoms with Crippen LogP contribution < -0.4 is 16.0 Å². The van der Waals surface area contributed by atoms with Gasteiger partial charge in [-0.25, -0.2) is 0 Å². The number of hydrogen-bond donors (Lipinski definition) is 2. The Bertz CT molecular complexity index is 843. The number of nitrogens with zero attached hydrogens (tertiary/aromatic N) is 1. The molecule has 0 aliphatic carbocycles. The van der Waals surface area contributed by atoms with Crippen molar-refractivity contribution < 1.29 is 14.4 Å². The maximum absolute atomic E-state index is 12.4. The molecule has 2 aromatic rings. The molecule has 0 saturated carbocycles. The summed E-state index contributed by atoms with van der Waals surface area (Å²) >= 11 is 0. The minimum atomic E-state index is -0.534. The maximum Gasteiger partial charge on any atom is 0.255 e. The minimum absolute atomic E-state index is 0.107. The average Bonchev–Trinajstić information content (AvgIpc) is 3.02. The van der Waals surface area contributed by atoms with Crippen molar-refractivity contribution >= 4 is 29.1 Å². The maximum atomic E-state index is 12.4. The highest BCUT2D eigenvalue weighted by atomic mass is 16.2. The number of primary amides is 1. The molecule has 0 spiro atoms. The Morgan fingerprint density at radius 3 is 2.44 bits per heavy atom. The van der Waals surface area contributed by atoms with E-state index in [4.69, 9.17) is 5.73 Å². The third-order valence-corrected chi connectivity index (χ3v) is 4.36. The first kappa shape index (κ1) is 16.7. The van der Waals surface area contributed by atoms with Crippen LogP contribution in [0.2, 0.25) is 0 Å². The molecule has 1 heterocycles. The van der Waals surface area contributed by atoms with Gasteiger partial charge in [0.2, 0.25) is 11.8 Å². The summed E-state index contributed by atoms with van der Waals surface area (Å²) in [4.78, 5) is 37.3. The molecule has 0 unspecified atom stereocenters. The molecule has 3 rings (SSSR count). The van der Waals surface area contributed by atoms with Crippen molar-refractivity contribution in [2.24, 2.45) is 5.73 Å². The zero-order valence-electron chi connectivity index (χ0n) is 13.9. The summed E-state index contributed by atoms with van der Waals surface area (Å²) in [6.07, 6.45) is 1.42. The Kier molecular flexibility index (Phi) is 4.52. The highest BCUT2D eigenvalue weighted by molar-refractivity contribution is 6.06. The van der Waals surface area contributed by atoms with Crippen molar-refractivity contribution in [1.82, 2.24) is 0 Å². The summed E-state index contributed by atoms with van der Waals surface area (Å²) in [7, 11) is 0. The lowest BCUT2D eigenvalue weighted by atomic mass is 10.1. The monoisotopic (exact) mass is 337 g/mol. The number of amides is 3. The van der Waals surface area contributed by atoms with Gasteiger partial charge in [0.05, 0.1) is 0 Å². The van der Waals surface area contributed by atoms with Crippen molar-refractivity contribution in [1.29, 1.82) is 0 Å². The Balaban J connectivity index is 1.77. The first-order valence-electron chi connectivity index (χ1n) is 8.08. The quantitative estimate of drug-likeness (QED) is 0.897. The summed E-state index contributed by atoms with van der Waals surface area (Å²) in [5.74, 6) is -0.714. The van der Waals surface area contributed by atoms with Crippen molar-refractivity contribution in [2.45, 2.75) is 19.8 Å². The molecule has 2 aromatic carbocycles. The van der Waals surface area contributed by atoms with Crippen molar-refractivity contribution in [3.8, 4) is 0 Å². The van der Waals surface area contributed by atoms with Crippen LogP contribution in [0, 0.1) is 6.92 Å². The van der Waals surface area contributed by atoms with E-state index in [-0.39, 0.29) is 11.8 Å². The van der Waals surface area contributed by atoms with Crippen molar-refractivity contribution in [2.75, 3.05) is 16.8 Å². The van der Waals surface area contributed by atoms with E-state index >= 15 is 0 Å². The molecule has 0 radical (unpaired) electrons. The van der Waals surface area contributed by atoms with Gasteiger partial charge in [0.15, 0.2) is 0 Å². The van der Waals surface area contributed by atoms with E-state index in [1.165, 1.54) is 0 Å². The van der Waals surface area contributed by atoms with Crippen LogP contribution in [0.1, 0.15) is 39.1 Å². The Morgan fingerprint density at radius 1 is 1.12 bits per heavy atom. The van der Waals surface area contributed by atoms with E-state index in [1.807, 2.05) is 0 Å². The number of nitrogens with one attached hydrogen (secondary N) is 1. The fourth-order valence-electron chi connectivity index (χ4n) is 2.95. The zero-order valence-corrected chi connectivity index (χ0v) is 13.9. The zero-order chi connectivity index (χ0) is 18.0. The van der Waals surface area contributed by atoms with E-state index < -0.39 is 5.91 Å². The van der Waals surface area contributed by atoms with Gasteiger partial charge in [-0.1, -0.05) is 6.07 Å². The fourth-order valence-corrected chi connectivity index (χ4v) is 2.95. The second kappa shape index (κ2) is 6.76. The summed E-state index contributed by atoms with van der Waals surface area (Å²) in [5.41, 5.74) is 8.14. The number of carbonyl (C=O) groups is 3. The van der Waals surface area contributed by atoms with Crippen LogP contribution >= 0.6 is 0 Å². The van der Waals surface area contributed by atoms with Gasteiger partial charge in [-0.3, -0.25) is 14.4 Å². The van der Waals surface area contributed by atoms with Crippen LogP contribution in [-0.4, -0.2) is 24.3 Å². The minimum Gasteiger partial charge on any atom is -0.366 e. The second-order valence-electron chi connectivity index (χ2n) is 5.99. The molecule has 1 aliphatic heterocycles. The Labute approximate surface area is 145 Å². The second-order valence-corrected chi connectivity index (χ2v) is 5.99. The molecule has 3 N–H and O–H groups in total. The van der Waals surface area contributed by atoms with Crippen LogP contribution in [0.4, 0.5) is 11.4 Å². The largest absolute Gasteiger partial charge is 0.366 e. The topological polar surface area (TPSA) is 92.5 Å². The number of nitrogens with two attached hydrogens (primary N) is 1. The van der Waals surface area contributed by atoms with Gasteiger partial charge in [-0.15, -0.1) is 0 Å². The smallest absolute Gasteiger partial charge is 0.255 e. The van der Waals surface area contributed by atoms with Crippen LogP contribution in [0.5, 0.6) is 0 Å². The highest BCUT2D eigenvalue weighted by Crippen LogP contribution is 2.23. The summed E-state index contributed by atoms with van der Waals surface area (Å²) in [5, 5.41) is 2.79. The average molecular weight is 337 g/mol.